The highest BCUT2D eigenvalue weighted by Crippen LogP contribution is 2.35. The molecule has 0 radical (unpaired) electrons. The lowest BCUT2D eigenvalue weighted by Crippen LogP contribution is -2.46. The van der Waals surface area contributed by atoms with Gasteiger partial charge in [-0.1, -0.05) is 38.1 Å². The summed E-state index contributed by atoms with van der Waals surface area (Å²) < 4.78 is 23.4. The van der Waals surface area contributed by atoms with Gasteiger partial charge in [0.1, 0.15) is 11.5 Å². The monoisotopic (exact) mass is 424 g/mol. The summed E-state index contributed by atoms with van der Waals surface area (Å²) in [5, 5.41) is 0. The summed E-state index contributed by atoms with van der Waals surface area (Å²) in [6.45, 7) is 13.4. The molecule has 0 spiro atoms. The molecule has 0 aliphatic carbocycles. The van der Waals surface area contributed by atoms with Gasteiger partial charge >= 0.3 is 0 Å². The van der Waals surface area contributed by atoms with Crippen LogP contribution in [0.15, 0.2) is 36.4 Å². The molecule has 4 nitrogen and oxygen atoms in total. The van der Waals surface area contributed by atoms with E-state index in [1.165, 1.54) is 22.3 Å². The van der Waals surface area contributed by atoms with Gasteiger partial charge < -0.3 is 18.9 Å². The van der Waals surface area contributed by atoms with Crippen molar-refractivity contribution in [3.05, 3.63) is 58.7 Å². The third-order valence-electron chi connectivity index (χ3n) is 7.37. The first-order valence-electron chi connectivity index (χ1n) is 11.6. The Hall–Kier alpha value is -2.04. The zero-order valence-electron chi connectivity index (χ0n) is 19.5. The molecule has 2 saturated heterocycles. The molecule has 0 saturated carbocycles. The highest BCUT2D eigenvalue weighted by molar-refractivity contribution is 5.46. The van der Waals surface area contributed by atoms with Crippen LogP contribution in [0.5, 0.6) is 11.5 Å². The van der Waals surface area contributed by atoms with Gasteiger partial charge in [0.05, 0.1) is 50.5 Å². The van der Waals surface area contributed by atoms with E-state index < -0.39 is 0 Å². The Morgan fingerprint density at radius 3 is 1.45 bits per heavy atom. The van der Waals surface area contributed by atoms with Crippen molar-refractivity contribution in [3.8, 4) is 11.5 Å². The normalized spacial score (nSPS) is 18.7. The first kappa shape index (κ1) is 22.2. The van der Waals surface area contributed by atoms with Crippen molar-refractivity contribution in [2.24, 2.45) is 10.8 Å². The first-order chi connectivity index (χ1) is 15.0. The van der Waals surface area contributed by atoms with Crippen molar-refractivity contribution in [1.82, 2.24) is 0 Å². The summed E-state index contributed by atoms with van der Waals surface area (Å²) in [5.41, 5.74) is 5.40. The van der Waals surface area contributed by atoms with Crippen molar-refractivity contribution >= 4 is 0 Å². The van der Waals surface area contributed by atoms with E-state index in [1.807, 2.05) is 0 Å². The molecule has 0 N–H and O–H groups in total. The number of ether oxygens (including phenoxy) is 4. The van der Waals surface area contributed by atoms with Crippen LogP contribution in [0.4, 0.5) is 0 Å². The highest BCUT2D eigenvalue weighted by atomic mass is 16.5. The molecule has 2 aromatic rings. The Morgan fingerprint density at radius 1 is 0.710 bits per heavy atom. The van der Waals surface area contributed by atoms with E-state index in [9.17, 15) is 0 Å². The van der Waals surface area contributed by atoms with E-state index in [4.69, 9.17) is 18.9 Å². The quantitative estimate of drug-likeness (QED) is 0.504. The van der Waals surface area contributed by atoms with Gasteiger partial charge in [-0.15, -0.1) is 0 Å². The molecule has 0 bridgehead atoms. The molecular formula is C27H36O4. The molecule has 31 heavy (non-hydrogen) atoms. The summed E-state index contributed by atoms with van der Waals surface area (Å²) >= 11 is 0. The lowest BCUT2D eigenvalue weighted by atomic mass is 9.84. The second-order valence-electron chi connectivity index (χ2n) is 9.53. The molecule has 168 valence electrons. The van der Waals surface area contributed by atoms with Crippen LogP contribution in [0.3, 0.4) is 0 Å². The lowest BCUT2D eigenvalue weighted by Gasteiger charge is -2.40. The maximum Gasteiger partial charge on any atom is 0.122 e. The Balaban J connectivity index is 1.45. The number of benzene rings is 2. The van der Waals surface area contributed by atoms with Gasteiger partial charge in [-0.2, -0.15) is 0 Å². The minimum absolute atomic E-state index is 0.187. The van der Waals surface area contributed by atoms with Crippen LogP contribution < -0.4 is 9.47 Å². The largest absolute Gasteiger partial charge is 0.493 e. The molecule has 0 unspecified atom stereocenters. The van der Waals surface area contributed by atoms with Crippen LogP contribution in [0.1, 0.15) is 48.9 Å². The van der Waals surface area contributed by atoms with Gasteiger partial charge in [-0.25, -0.2) is 0 Å². The molecule has 0 aromatic heterocycles. The van der Waals surface area contributed by atoms with Crippen LogP contribution >= 0.6 is 0 Å². The van der Waals surface area contributed by atoms with E-state index in [0.717, 1.165) is 70.4 Å². The SMILES string of the molecule is CCC1(COc2cccc(Cc3cccc(OCC4(CC)COC4)c3C)c2C)COC1. The maximum absolute atomic E-state index is 6.26. The van der Waals surface area contributed by atoms with Gasteiger partial charge in [-0.3, -0.25) is 0 Å². The predicted octanol–water partition coefficient (Wildman–Crippen LogP) is 5.51. The smallest absolute Gasteiger partial charge is 0.122 e. The van der Waals surface area contributed by atoms with Crippen molar-refractivity contribution < 1.29 is 18.9 Å². The minimum atomic E-state index is 0.187. The average Bonchev–Trinajstić information content (AvgIpc) is 2.72. The number of hydrogen-bond donors (Lipinski definition) is 0. The Labute approximate surface area is 186 Å². The van der Waals surface area contributed by atoms with E-state index in [2.05, 4.69) is 64.1 Å². The maximum atomic E-state index is 6.26. The molecule has 2 aromatic carbocycles. The Bertz CT molecular complexity index is 812. The summed E-state index contributed by atoms with van der Waals surface area (Å²) in [5.74, 6) is 1.97. The van der Waals surface area contributed by atoms with E-state index in [1.54, 1.807) is 0 Å². The van der Waals surface area contributed by atoms with E-state index in [0.29, 0.717) is 0 Å². The third-order valence-corrected chi connectivity index (χ3v) is 7.37. The first-order valence-corrected chi connectivity index (χ1v) is 11.6. The van der Waals surface area contributed by atoms with Crippen LogP contribution in [-0.4, -0.2) is 39.6 Å². The molecule has 4 rings (SSSR count). The summed E-state index contributed by atoms with van der Waals surface area (Å²) in [7, 11) is 0. The Kier molecular flexibility index (Phi) is 6.59. The van der Waals surface area contributed by atoms with E-state index >= 15 is 0 Å². The predicted molar refractivity (Wildman–Crippen MR) is 123 cm³/mol. The van der Waals surface area contributed by atoms with Gasteiger partial charge in [-0.05, 0) is 67.5 Å². The van der Waals surface area contributed by atoms with Crippen molar-refractivity contribution in [1.29, 1.82) is 0 Å². The van der Waals surface area contributed by atoms with Crippen molar-refractivity contribution in [2.45, 2.75) is 47.0 Å². The average molecular weight is 425 g/mol. The molecule has 0 atom stereocenters. The fourth-order valence-corrected chi connectivity index (χ4v) is 4.24. The van der Waals surface area contributed by atoms with Gasteiger partial charge in [0, 0.05) is 0 Å². The summed E-state index contributed by atoms with van der Waals surface area (Å²) in [6, 6.07) is 12.8. The number of hydrogen-bond acceptors (Lipinski definition) is 4. The molecule has 0 amide bonds. The highest BCUT2D eigenvalue weighted by Gasteiger charge is 2.38. The number of rotatable bonds is 10. The molecular weight excluding hydrogens is 388 g/mol. The molecule has 2 aliphatic rings. The molecule has 4 heteroatoms. The van der Waals surface area contributed by atoms with Gasteiger partial charge in [0.25, 0.3) is 0 Å². The Morgan fingerprint density at radius 2 is 1.13 bits per heavy atom. The third kappa shape index (κ3) is 4.61. The summed E-state index contributed by atoms with van der Waals surface area (Å²) in [4.78, 5) is 0. The van der Waals surface area contributed by atoms with Crippen molar-refractivity contribution in [3.63, 3.8) is 0 Å². The molecule has 2 aliphatic heterocycles. The zero-order valence-corrected chi connectivity index (χ0v) is 19.5. The zero-order chi connectivity index (χ0) is 21.9. The minimum Gasteiger partial charge on any atom is -0.493 e. The standard InChI is InChI=1S/C27H36O4/c1-5-26(14-28-15-26)18-30-24-11-7-9-22(20(24)3)13-23-10-8-12-25(21(23)4)31-19-27(6-2)16-29-17-27/h7-12H,5-6,13-19H2,1-4H3. The lowest BCUT2D eigenvalue weighted by molar-refractivity contribution is -0.133. The summed E-state index contributed by atoms with van der Waals surface area (Å²) in [6.07, 6.45) is 3.04. The van der Waals surface area contributed by atoms with Crippen LogP contribution in [0.2, 0.25) is 0 Å². The van der Waals surface area contributed by atoms with Crippen molar-refractivity contribution in [2.75, 3.05) is 39.6 Å². The van der Waals surface area contributed by atoms with E-state index in [-0.39, 0.29) is 10.8 Å². The second kappa shape index (κ2) is 9.22. The fraction of sp³-hybridized carbons (Fsp3) is 0.556. The fourth-order valence-electron chi connectivity index (χ4n) is 4.24. The molecule has 2 heterocycles. The van der Waals surface area contributed by atoms with Crippen LogP contribution in [0.25, 0.3) is 0 Å². The topological polar surface area (TPSA) is 36.9 Å². The second-order valence-corrected chi connectivity index (χ2v) is 9.53. The van der Waals surface area contributed by atoms with Gasteiger partial charge in [0.15, 0.2) is 0 Å². The van der Waals surface area contributed by atoms with Crippen LogP contribution in [-0.2, 0) is 15.9 Å². The van der Waals surface area contributed by atoms with Gasteiger partial charge in [0.2, 0.25) is 0 Å². The molecule has 2 fully saturated rings. The van der Waals surface area contributed by atoms with Crippen LogP contribution in [0, 0.1) is 24.7 Å².